The van der Waals surface area contributed by atoms with Crippen molar-refractivity contribution in [3.05, 3.63) is 18.3 Å². The third-order valence-corrected chi connectivity index (χ3v) is 3.34. The summed E-state index contributed by atoms with van der Waals surface area (Å²) in [5.41, 5.74) is 6.48. The van der Waals surface area contributed by atoms with E-state index in [9.17, 15) is 0 Å². The molecule has 0 aliphatic heterocycles. The summed E-state index contributed by atoms with van der Waals surface area (Å²) in [6.45, 7) is 0. The molecule has 1 aliphatic carbocycles. The Morgan fingerprint density at radius 1 is 1.37 bits per heavy atom. The van der Waals surface area contributed by atoms with Crippen molar-refractivity contribution >= 4 is 0 Å². The minimum Gasteiger partial charge on any atom is -0.481 e. The molecule has 0 aromatic carbocycles. The minimum atomic E-state index is 0.236. The van der Waals surface area contributed by atoms with Gasteiger partial charge in [-0.3, -0.25) is 0 Å². The normalized spacial score (nSPS) is 22.6. The van der Waals surface area contributed by atoms with E-state index in [-0.39, 0.29) is 12.0 Å². The molecular formula is C12H15N5O2. The fourth-order valence-corrected chi connectivity index (χ4v) is 2.32. The average molecular weight is 261 g/mol. The van der Waals surface area contributed by atoms with Crippen LogP contribution in [0.2, 0.25) is 0 Å². The zero-order chi connectivity index (χ0) is 13.2. The third kappa shape index (κ3) is 2.41. The highest BCUT2D eigenvalue weighted by Gasteiger charge is 2.28. The fourth-order valence-electron chi connectivity index (χ4n) is 2.32. The maximum absolute atomic E-state index is 5.89. The van der Waals surface area contributed by atoms with E-state index in [1.165, 1.54) is 6.33 Å². The van der Waals surface area contributed by atoms with Gasteiger partial charge in [-0.2, -0.15) is 4.98 Å². The Kier molecular flexibility index (Phi) is 3.12. The molecule has 1 saturated carbocycles. The van der Waals surface area contributed by atoms with Crippen LogP contribution in [0.25, 0.3) is 11.5 Å². The molecule has 0 amide bonds. The lowest BCUT2D eigenvalue weighted by Crippen LogP contribution is -2.14. The second kappa shape index (κ2) is 4.93. The molecular weight excluding hydrogens is 246 g/mol. The van der Waals surface area contributed by atoms with Crippen molar-refractivity contribution in [2.75, 3.05) is 7.11 Å². The summed E-state index contributed by atoms with van der Waals surface area (Å²) >= 11 is 0. The molecule has 0 unspecified atom stereocenters. The number of nitrogens with zero attached hydrogens (tertiary/aromatic N) is 4. The Hall–Kier alpha value is -2.02. The van der Waals surface area contributed by atoms with Crippen LogP contribution in [0.5, 0.6) is 5.88 Å². The summed E-state index contributed by atoms with van der Waals surface area (Å²) in [4.78, 5) is 12.4. The summed E-state index contributed by atoms with van der Waals surface area (Å²) in [6, 6.07) is 1.91. The standard InChI is InChI=1S/C12H15N5O2/c1-18-10-5-9(14-6-15-10)11-16-12(19-17-11)7-2-3-8(13)4-7/h5-8H,2-4,13H2,1H3/t7-,8+/m1/s1. The lowest BCUT2D eigenvalue weighted by molar-refractivity contribution is 0.353. The topological polar surface area (TPSA) is 100.0 Å². The van der Waals surface area contributed by atoms with Gasteiger partial charge >= 0.3 is 0 Å². The average Bonchev–Trinajstić information content (AvgIpc) is 3.07. The second-order valence-electron chi connectivity index (χ2n) is 4.67. The zero-order valence-corrected chi connectivity index (χ0v) is 10.6. The number of nitrogens with two attached hydrogens (primary N) is 1. The smallest absolute Gasteiger partial charge is 0.230 e. The highest BCUT2D eigenvalue weighted by molar-refractivity contribution is 5.49. The summed E-state index contributed by atoms with van der Waals surface area (Å²) in [5.74, 6) is 1.83. The number of hydrogen-bond donors (Lipinski definition) is 1. The first kappa shape index (κ1) is 12.0. The molecule has 2 heterocycles. The highest BCUT2D eigenvalue weighted by atomic mass is 16.5. The largest absolute Gasteiger partial charge is 0.481 e. The molecule has 2 atom stereocenters. The molecule has 2 N–H and O–H groups in total. The van der Waals surface area contributed by atoms with Gasteiger partial charge in [-0.1, -0.05) is 5.16 Å². The minimum absolute atomic E-state index is 0.236. The van der Waals surface area contributed by atoms with Gasteiger partial charge in [0.15, 0.2) is 0 Å². The van der Waals surface area contributed by atoms with E-state index in [4.69, 9.17) is 15.0 Å². The van der Waals surface area contributed by atoms with Crippen LogP contribution in [0.1, 0.15) is 31.1 Å². The quantitative estimate of drug-likeness (QED) is 0.883. The van der Waals surface area contributed by atoms with Gasteiger partial charge in [0.2, 0.25) is 17.6 Å². The van der Waals surface area contributed by atoms with E-state index in [0.717, 1.165) is 19.3 Å². The zero-order valence-electron chi connectivity index (χ0n) is 10.6. The van der Waals surface area contributed by atoms with Crippen molar-refractivity contribution in [2.24, 2.45) is 5.73 Å². The second-order valence-corrected chi connectivity index (χ2v) is 4.67. The first-order valence-corrected chi connectivity index (χ1v) is 6.22. The van der Waals surface area contributed by atoms with E-state index in [1.807, 2.05) is 0 Å². The lowest BCUT2D eigenvalue weighted by atomic mass is 10.1. The Bertz CT molecular complexity index is 571. The molecule has 2 aromatic rings. The van der Waals surface area contributed by atoms with Crippen molar-refractivity contribution < 1.29 is 9.26 Å². The van der Waals surface area contributed by atoms with Crippen molar-refractivity contribution in [3.8, 4) is 17.4 Å². The van der Waals surface area contributed by atoms with Crippen LogP contribution in [0.3, 0.4) is 0 Å². The summed E-state index contributed by atoms with van der Waals surface area (Å²) in [5, 5.41) is 3.96. The highest BCUT2D eigenvalue weighted by Crippen LogP contribution is 2.33. The van der Waals surface area contributed by atoms with Gasteiger partial charge in [-0.25, -0.2) is 9.97 Å². The first-order chi connectivity index (χ1) is 9.26. The molecule has 2 aromatic heterocycles. The molecule has 1 fully saturated rings. The molecule has 0 spiro atoms. The van der Waals surface area contributed by atoms with Gasteiger partial charge in [-0.15, -0.1) is 0 Å². The molecule has 0 saturated heterocycles. The summed E-state index contributed by atoms with van der Waals surface area (Å²) < 4.78 is 10.4. The number of ether oxygens (including phenoxy) is 1. The van der Waals surface area contributed by atoms with Crippen LogP contribution in [0.4, 0.5) is 0 Å². The SMILES string of the molecule is COc1cc(-c2noc([C@@H]3CC[C@H](N)C3)n2)ncn1. The Labute approximate surface area is 110 Å². The Morgan fingerprint density at radius 2 is 2.26 bits per heavy atom. The van der Waals surface area contributed by atoms with Crippen LogP contribution in [-0.4, -0.2) is 33.3 Å². The van der Waals surface area contributed by atoms with E-state index < -0.39 is 0 Å². The van der Waals surface area contributed by atoms with E-state index >= 15 is 0 Å². The van der Waals surface area contributed by atoms with Crippen LogP contribution in [0.15, 0.2) is 16.9 Å². The molecule has 0 bridgehead atoms. The van der Waals surface area contributed by atoms with E-state index in [0.29, 0.717) is 23.3 Å². The van der Waals surface area contributed by atoms with Gasteiger partial charge in [0.05, 0.1) is 7.11 Å². The molecule has 19 heavy (non-hydrogen) atoms. The van der Waals surface area contributed by atoms with Crippen molar-refractivity contribution in [1.82, 2.24) is 20.1 Å². The van der Waals surface area contributed by atoms with Crippen LogP contribution >= 0.6 is 0 Å². The maximum atomic E-state index is 5.89. The molecule has 3 rings (SSSR count). The van der Waals surface area contributed by atoms with Crippen LogP contribution in [0, 0.1) is 0 Å². The summed E-state index contributed by atoms with van der Waals surface area (Å²) in [6.07, 6.45) is 4.31. The van der Waals surface area contributed by atoms with Gasteiger partial charge in [0.1, 0.15) is 12.0 Å². The molecule has 0 radical (unpaired) electrons. The third-order valence-electron chi connectivity index (χ3n) is 3.34. The van der Waals surface area contributed by atoms with Gasteiger partial charge in [0.25, 0.3) is 0 Å². The van der Waals surface area contributed by atoms with E-state index in [2.05, 4.69) is 20.1 Å². The number of rotatable bonds is 3. The summed E-state index contributed by atoms with van der Waals surface area (Å²) in [7, 11) is 1.55. The fraction of sp³-hybridized carbons (Fsp3) is 0.500. The van der Waals surface area contributed by atoms with Gasteiger partial charge < -0.3 is 15.0 Å². The first-order valence-electron chi connectivity index (χ1n) is 6.22. The lowest BCUT2D eigenvalue weighted by Gasteiger charge is -2.01. The maximum Gasteiger partial charge on any atom is 0.230 e. The predicted octanol–water partition coefficient (Wildman–Crippen LogP) is 1.13. The molecule has 1 aliphatic rings. The van der Waals surface area contributed by atoms with Gasteiger partial charge in [0, 0.05) is 18.0 Å². The number of hydrogen-bond acceptors (Lipinski definition) is 7. The Balaban J connectivity index is 1.84. The monoisotopic (exact) mass is 261 g/mol. The molecule has 100 valence electrons. The van der Waals surface area contributed by atoms with Crippen molar-refractivity contribution in [1.29, 1.82) is 0 Å². The van der Waals surface area contributed by atoms with Crippen LogP contribution < -0.4 is 10.5 Å². The molecule has 7 heteroatoms. The van der Waals surface area contributed by atoms with Crippen molar-refractivity contribution in [3.63, 3.8) is 0 Å². The van der Waals surface area contributed by atoms with E-state index in [1.54, 1.807) is 13.2 Å². The Morgan fingerprint density at radius 3 is 3.00 bits per heavy atom. The predicted molar refractivity (Wildman–Crippen MR) is 66.4 cm³/mol. The number of methoxy groups -OCH3 is 1. The van der Waals surface area contributed by atoms with Gasteiger partial charge in [-0.05, 0) is 19.3 Å². The molecule has 7 nitrogen and oxygen atoms in total. The number of aromatic nitrogens is 4. The van der Waals surface area contributed by atoms with Crippen molar-refractivity contribution in [2.45, 2.75) is 31.2 Å². The van der Waals surface area contributed by atoms with Crippen LogP contribution in [-0.2, 0) is 0 Å².